The number of nitrogens with two attached hydrogens (primary N) is 1. The molecule has 1 fully saturated rings. The highest BCUT2D eigenvalue weighted by molar-refractivity contribution is 5.69. The van der Waals surface area contributed by atoms with E-state index in [0.717, 1.165) is 35.7 Å². The van der Waals surface area contributed by atoms with Gasteiger partial charge in [-0.05, 0) is 57.5 Å². The predicted molar refractivity (Wildman–Crippen MR) is 104 cm³/mol. The molecule has 1 unspecified atom stereocenters. The van der Waals surface area contributed by atoms with E-state index in [-0.39, 0.29) is 0 Å². The normalized spacial score (nSPS) is 18.7. The molecule has 130 valence electrons. The molecule has 0 saturated carbocycles. The lowest BCUT2D eigenvalue weighted by Crippen LogP contribution is -2.37. The number of benzene rings is 1. The zero-order valence-corrected chi connectivity index (χ0v) is 15.1. The van der Waals surface area contributed by atoms with E-state index in [1.165, 1.54) is 30.7 Å². The van der Waals surface area contributed by atoms with E-state index in [2.05, 4.69) is 47.4 Å². The Morgan fingerprint density at radius 1 is 1.16 bits per heavy atom. The van der Waals surface area contributed by atoms with Gasteiger partial charge >= 0.3 is 0 Å². The maximum atomic E-state index is 6.03. The molecule has 25 heavy (non-hydrogen) atoms. The number of hydrogen-bond donors (Lipinski definition) is 1. The van der Waals surface area contributed by atoms with Gasteiger partial charge in [-0.2, -0.15) is 0 Å². The molecule has 1 aliphatic rings. The smallest absolute Gasteiger partial charge is 0.137 e. The number of anilines is 1. The summed E-state index contributed by atoms with van der Waals surface area (Å²) in [4.78, 5) is 7.55. The van der Waals surface area contributed by atoms with E-state index in [9.17, 15) is 0 Å². The number of pyridine rings is 1. The molecule has 1 atom stereocenters. The average Bonchev–Trinajstić information content (AvgIpc) is 2.97. The summed E-state index contributed by atoms with van der Waals surface area (Å²) < 4.78 is 2.31. The highest BCUT2D eigenvalue weighted by Gasteiger charge is 2.23. The van der Waals surface area contributed by atoms with Crippen LogP contribution in [-0.2, 0) is 6.54 Å². The van der Waals surface area contributed by atoms with Gasteiger partial charge in [0.15, 0.2) is 0 Å². The van der Waals surface area contributed by atoms with Crippen molar-refractivity contribution in [3.8, 4) is 11.3 Å². The lowest BCUT2D eigenvalue weighted by atomic mass is 10.0. The summed E-state index contributed by atoms with van der Waals surface area (Å²) in [5.74, 6) is 0. The molecule has 1 saturated heterocycles. The Morgan fingerprint density at radius 2 is 2.00 bits per heavy atom. The van der Waals surface area contributed by atoms with Gasteiger partial charge in [-0.1, -0.05) is 24.6 Å². The van der Waals surface area contributed by atoms with Crippen LogP contribution in [0, 0.1) is 6.92 Å². The third-order valence-corrected chi connectivity index (χ3v) is 5.39. The first-order valence-corrected chi connectivity index (χ1v) is 9.20. The molecule has 1 aromatic carbocycles. The Morgan fingerprint density at radius 3 is 2.80 bits per heavy atom. The SMILES string of the molecule is Cc1cccc2nc(-c3cccc(N)c3)c(CN3CCCCC3C)n12. The molecule has 0 amide bonds. The van der Waals surface area contributed by atoms with Crippen molar-refractivity contribution in [1.29, 1.82) is 0 Å². The van der Waals surface area contributed by atoms with Gasteiger partial charge < -0.3 is 5.73 Å². The first kappa shape index (κ1) is 16.2. The largest absolute Gasteiger partial charge is 0.399 e. The fourth-order valence-electron chi connectivity index (χ4n) is 3.97. The van der Waals surface area contributed by atoms with Gasteiger partial charge in [-0.15, -0.1) is 0 Å². The van der Waals surface area contributed by atoms with Crippen molar-refractivity contribution in [2.75, 3.05) is 12.3 Å². The molecule has 3 heterocycles. The topological polar surface area (TPSA) is 46.6 Å². The van der Waals surface area contributed by atoms with Crippen LogP contribution in [0.25, 0.3) is 16.9 Å². The molecule has 4 rings (SSSR count). The Bertz CT molecular complexity index is 896. The van der Waals surface area contributed by atoms with Crippen molar-refractivity contribution in [3.63, 3.8) is 0 Å². The Labute approximate surface area is 149 Å². The summed E-state index contributed by atoms with van der Waals surface area (Å²) in [6.45, 7) is 6.59. The second-order valence-corrected chi connectivity index (χ2v) is 7.21. The number of imidazole rings is 1. The van der Waals surface area contributed by atoms with E-state index in [0.29, 0.717) is 6.04 Å². The lowest BCUT2D eigenvalue weighted by Gasteiger charge is -2.33. The van der Waals surface area contributed by atoms with Gasteiger partial charge in [0.1, 0.15) is 5.65 Å². The minimum absolute atomic E-state index is 0.622. The van der Waals surface area contributed by atoms with Crippen LogP contribution >= 0.6 is 0 Å². The molecule has 4 nitrogen and oxygen atoms in total. The van der Waals surface area contributed by atoms with E-state index in [1.54, 1.807) is 0 Å². The predicted octanol–water partition coefficient (Wildman–Crippen LogP) is 4.27. The molecular formula is C21H26N4. The van der Waals surface area contributed by atoms with Crippen molar-refractivity contribution >= 4 is 11.3 Å². The van der Waals surface area contributed by atoms with Gasteiger partial charge in [0.05, 0.1) is 11.4 Å². The van der Waals surface area contributed by atoms with Gasteiger partial charge in [0, 0.05) is 29.5 Å². The van der Waals surface area contributed by atoms with Crippen molar-refractivity contribution in [2.45, 2.75) is 45.7 Å². The third kappa shape index (κ3) is 3.02. The number of hydrogen-bond acceptors (Lipinski definition) is 3. The highest BCUT2D eigenvalue weighted by atomic mass is 15.2. The minimum atomic E-state index is 0.622. The number of likely N-dealkylation sites (tertiary alicyclic amines) is 1. The van der Waals surface area contributed by atoms with Crippen LogP contribution in [0.4, 0.5) is 5.69 Å². The molecule has 1 aliphatic heterocycles. The number of piperidine rings is 1. The van der Waals surface area contributed by atoms with E-state index in [4.69, 9.17) is 10.7 Å². The molecule has 2 aromatic heterocycles. The highest BCUT2D eigenvalue weighted by Crippen LogP contribution is 2.29. The number of aryl methyl sites for hydroxylation is 1. The van der Waals surface area contributed by atoms with Crippen molar-refractivity contribution in [1.82, 2.24) is 14.3 Å². The standard InChI is InChI=1S/C21H26N4/c1-15-7-3-4-12-24(15)14-19-21(17-9-6-10-18(22)13-17)23-20-11-5-8-16(2)25(19)20/h5-6,8-11,13,15H,3-4,7,12,14,22H2,1-2H3. The summed E-state index contributed by atoms with van der Waals surface area (Å²) in [7, 11) is 0. The fraction of sp³-hybridized carbons (Fsp3) is 0.381. The average molecular weight is 334 g/mol. The molecule has 3 aromatic rings. The molecule has 0 radical (unpaired) electrons. The quantitative estimate of drug-likeness (QED) is 0.728. The van der Waals surface area contributed by atoms with Crippen LogP contribution in [0.1, 0.15) is 37.6 Å². The Kier molecular flexibility index (Phi) is 4.22. The Hall–Kier alpha value is -2.33. The fourth-order valence-corrected chi connectivity index (χ4v) is 3.97. The number of fused-ring (bicyclic) bond motifs is 1. The molecule has 0 spiro atoms. The molecule has 2 N–H and O–H groups in total. The Balaban J connectivity index is 1.86. The number of nitrogens with zero attached hydrogens (tertiary/aromatic N) is 3. The van der Waals surface area contributed by atoms with E-state index < -0.39 is 0 Å². The molecule has 0 aliphatic carbocycles. The van der Waals surface area contributed by atoms with Gasteiger partial charge in [0.2, 0.25) is 0 Å². The van der Waals surface area contributed by atoms with Gasteiger partial charge in [-0.3, -0.25) is 9.30 Å². The van der Waals surface area contributed by atoms with Crippen LogP contribution in [-0.4, -0.2) is 26.9 Å². The maximum Gasteiger partial charge on any atom is 0.137 e. The van der Waals surface area contributed by atoms with E-state index in [1.807, 2.05) is 18.2 Å². The van der Waals surface area contributed by atoms with Crippen LogP contribution < -0.4 is 5.73 Å². The van der Waals surface area contributed by atoms with E-state index >= 15 is 0 Å². The van der Waals surface area contributed by atoms with Crippen LogP contribution in [0.5, 0.6) is 0 Å². The van der Waals surface area contributed by atoms with Crippen molar-refractivity contribution < 1.29 is 0 Å². The molecular weight excluding hydrogens is 308 g/mol. The summed E-state index contributed by atoms with van der Waals surface area (Å²) in [6.07, 6.45) is 3.91. The lowest BCUT2D eigenvalue weighted by molar-refractivity contribution is 0.150. The summed E-state index contributed by atoms with van der Waals surface area (Å²) in [6, 6.07) is 15.0. The number of nitrogen functional groups attached to an aromatic ring is 1. The van der Waals surface area contributed by atoms with Crippen LogP contribution in [0.2, 0.25) is 0 Å². The van der Waals surface area contributed by atoms with Gasteiger partial charge in [-0.25, -0.2) is 4.98 Å². The minimum Gasteiger partial charge on any atom is -0.399 e. The monoisotopic (exact) mass is 334 g/mol. The number of rotatable bonds is 3. The third-order valence-electron chi connectivity index (χ3n) is 5.39. The molecule has 4 heteroatoms. The van der Waals surface area contributed by atoms with Crippen molar-refractivity contribution in [3.05, 3.63) is 53.9 Å². The zero-order chi connectivity index (χ0) is 17.4. The maximum absolute atomic E-state index is 6.03. The molecule has 0 bridgehead atoms. The number of aromatic nitrogens is 2. The van der Waals surface area contributed by atoms with Gasteiger partial charge in [0.25, 0.3) is 0 Å². The first-order chi connectivity index (χ1) is 12.1. The first-order valence-electron chi connectivity index (χ1n) is 9.20. The summed E-state index contributed by atoms with van der Waals surface area (Å²) in [5, 5.41) is 0. The van der Waals surface area contributed by atoms with Crippen LogP contribution in [0.3, 0.4) is 0 Å². The zero-order valence-electron chi connectivity index (χ0n) is 15.1. The van der Waals surface area contributed by atoms with Crippen molar-refractivity contribution in [2.24, 2.45) is 0 Å². The summed E-state index contributed by atoms with van der Waals surface area (Å²) >= 11 is 0. The second-order valence-electron chi connectivity index (χ2n) is 7.21. The summed E-state index contributed by atoms with van der Waals surface area (Å²) in [5.41, 5.74) is 12.5. The van der Waals surface area contributed by atoms with Crippen LogP contribution in [0.15, 0.2) is 42.5 Å². The second kappa shape index (κ2) is 6.52.